The Morgan fingerprint density at radius 2 is 2.37 bits per heavy atom. The number of aryl methyl sites for hydroxylation is 1. The van der Waals surface area contributed by atoms with E-state index < -0.39 is 0 Å². The molecule has 0 saturated carbocycles. The van der Waals surface area contributed by atoms with Gasteiger partial charge in [0.05, 0.1) is 11.4 Å². The Hall–Kier alpha value is -2.37. The molecule has 2 aromatic rings. The number of nitrogens with zero attached hydrogens (tertiary/aromatic N) is 3. The molecule has 2 heterocycles. The first-order valence-electron chi connectivity index (χ1n) is 6.31. The number of carbonyl (C=O) groups excluding carboxylic acids is 1. The molecule has 98 valence electrons. The van der Waals surface area contributed by atoms with Gasteiger partial charge in [-0.2, -0.15) is 0 Å². The van der Waals surface area contributed by atoms with Crippen molar-refractivity contribution in [2.24, 2.45) is 0 Å². The molecule has 19 heavy (non-hydrogen) atoms. The van der Waals surface area contributed by atoms with E-state index in [2.05, 4.69) is 15.2 Å². The molecule has 1 aromatic carbocycles. The minimum absolute atomic E-state index is 0.201. The van der Waals surface area contributed by atoms with Gasteiger partial charge in [-0.15, -0.1) is 5.10 Å². The number of nitrogens with one attached hydrogen (secondary N) is 1. The van der Waals surface area contributed by atoms with Gasteiger partial charge in [-0.1, -0.05) is 19.1 Å². The highest BCUT2D eigenvalue weighted by molar-refractivity contribution is 6.06. The van der Waals surface area contributed by atoms with E-state index >= 15 is 0 Å². The monoisotopic (exact) mass is 257 g/mol. The van der Waals surface area contributed by atoms with Crippen LogP contribution in [0.3, 0.4) is 0 Å². The van der Waals surface area contributed by atoms with Crippen LogP contribution in [0.2, 0.25) is 0 Å². The third-order valence-electron chi connectivity index (χ3n) is 3.33. The molecule has 0 spiro atoms. The molecule has 0 unspecified atom stereocenters. The molecule has 1 amide bonds. The normalized spacial score (nSPS) is 13.6. The Labute approximate surface area is 110 Å². The molecule has 0 saturated heterocycles. The predicted octanol–water partition coefficient (Wildman–Crippen LogP) is 1.15. The van der Waals surface area contributed by atoms with Gasteiger partial charge < -0.3 is 10.6 Å². The summed E-state index contributed by atoms with van der Waals surface area (Å²) >= 11 is 0. The van der Waals surface area contributed by atoms with E-state index in [0.29, 0.717) is 18.1 Å². The Bertz CT molecular complexity index is 634. The molecule has 3 rings (SSSR count). The lowest BCUT2D eigenvalue weighted by atomic mass is 10.1. The highest BCUT2D eigenvalue weighted by atomic mass is 16.2. The summed E-state index contributed by atoms with van der Waals surface area (Å²) in [6.07, 6.45) is 1.54. The van der Waals surface area contributed by atoms with E-state index in [4.69, 9.17) is 5.73 Å². The zero-order chi connectivity index (χ0) is 13.4. The molecule has 0 aliphatic carbocycles. The fraction of sp³-hybridized carbons (Fsp3) is 0.308. The van der Waals surface area contributed by atoms with Crippen molar-refractivity contribution >= 4 is 17.3 Å². The number of nitrogens with two attached hydrogens (primary N) is 1. The molecular weight excluding hydrogens is 242 g/mol. The van der Waals surface area contributed by atoms with Crippen molar-refractivity contribution in [1.29, 1.82) is 0 Å². The lowest BCUT2D eigenvalue weighted by Crippen LogP contribution is -2.30. The summed E-state index contributed by atoms with van der Waals surface area (Å²) in [5.74, 6) is 0.712. The summed E-state index contributed by atoms with van der Waals surface area (Å²) < 4.78 is 0. The highest BCUT2D eigenvalue weighted by Crippen LogP contribution is 2.34. The standard InChI is InChI=1S/C13H15N5O/c1-2-10-15-12(17-16-10)13(19)18-7-6-8-4-3-5-9(14)11(8)18/h3-5H,2,6-7,14H2,1H3,(H,15,16,17). The van der Waals surface area contributed by atoms with Gasteiger partial charge in [-0.05, 0) is 18.1 Å². The zero-order valence-electron chi connectivity index (χ0n) is 10.7. The van der Waals surface area contributed by atoms with Gasteiger partial charge in [0, 0.05) is 13.0 Å². The summed E-state index contributed by atoms with van der Waals surface area (Å²) in [6, 6.07) is 5.71. The van der Waals surface area contributed by atoms with Crippen LogP contribution in [0.1, 0.15) is 28.9 Å². The first kappa shape index (κ1) is 11.7. The Kier molecular flexibility index (Phi) is 2.70. The summed E-state index contributed by atoms with van der Waals surface area (Å²) in [5.41, 5.74) is 8.49. The molecule has 1 aliphatic heterocycles. The van der Waals surface area contributed by atoms with Crippen molar-refractivity contribution in [3.8, 4) is 0 Å². The van der Waals surface area contributed by atoms with Crippen LogP contribution in [0, 0.1) is 0 Å². The number of fused-ring (bicyclic) bond motifs is 1. The highest BCUT2D eigenvalue weighted by Gasteiger charge is 2.29. The maximum absolute atomic E-state index is 12.4. The minimum Gasteiger partial charge on any atom is -0.397 e. The average Bonchev–Trinajstić information content (AvgIpc) is 3.05. The molecule has 6 heteroatoms. The molecule has 1 aromatic heterocycles. The molecular formula is C13H15N5O. The van der Waals surface area contributed by atoms with Crippen molar-refractivity contribution in [1.82, 2.24) is 15.2 Å². The number of benzene rings is 1. The molecule has 0 atom stereocenters. The second-order valence-corrected chi connectivity index (χ2v) is 4.52. The van der Waals surface area contributed by atoms with Gasteiger partial charge in [-0.25, -0.2) is 4.98 Å². The predicted molar refractivity (Wildman–Crippen MR) is 72.0 cm³/mol. The SMILES string of the molecule is CCc1nc(C(=O)N2CCc3cccc(N)c32)n[nH]1. The van der Waals surface area contributed by atoms with E-state index in [-0.39, 0.29) is 11.7 Å². The van der Waals surface area contributed by atoms with Crippen LogP contribution in [-0.2, 0) is 12.8 Å². The zero-order valence-corrected chi connectivity index (χ0v) is 10.7. The molecule has 0 bridgehead atoms. The van der Waals surface area contributed by atoms with Gasteiger partial charge in [0.2, 0.25) is 5.82 Å². The van der Waals surface area contributed by atoms with Crippen molar-refractivity contribution in [2.45, 2.75) is 19.8 Å². The number of H-pyrrole nitrogens is 1. The van der Waals surface area contributed by atoms with Crippen LogP contribution < -0.4 is 10.6 Å². The third-order valence-corrected chi connectivity index (χ3v) is 3.33. The van der Waals surface area contributed by atoms with Crippen LogP contribution in [0.15, 0.2) is 18.2 Å². The fourth-order valence-corrected chi connectivity index (χ4v) is 2.36. The van der Waals surface area contributed by atoms with Gasteiger partial charge in [0.1, 0.15) is 5.82 Å². The minimum atomic E-state index is -0.201. The molecule has 0 radical (unpaired) electrons. The molecule has 6 nitrogen and oxygen atoms in total. The number of nitrogen functional groups attached to an aromatic ring is 1. The number of carbonyl (C=O) groups is 1. The Morgan fingerprint density at radius 1 is 1.53 bits per heavy atom. The van der Waals surface area contributed by atoms with E-state index in [0.717, 1.165) is 24.1 Å². The van der Waals surface area contributed by atoms with Gasteiger partial charge >= 0.3 is 0 Å². The van der Waals surface area contributed by atoms with Crippen molar-refractivity contribution in [2.75, 3.05) is 17.2 Å². The number of rotatable bonds is 2. The summed E-state index contributed by atoms with van der Waals surface area (Å²) in [7, 11) is 0. The average molecular weight is 257 g/mol. The number of hydrogen-bond acceptors (Lipinski definition) is 4. The summed E-state index contributed by atoms with van der Waals surface area (Å²) in [4.78, 5) is 18.3. The van der Waals surface area contributed by atoms with Crippen LogP contribution >= 0.6 is 0 Å². The fourth-order valence-electron chi connectivity index (χ4n) is 2.36. The van der Waals surface area contributed by atoms with E-state index in [1.807, 2.05) is 19.1 Å². The third kappa shape index (κ3) is 1.85. The Morgan fingerprint density at radius 3 is 3.11 bits per heavy atom. The van der Waals surface area contributed by atoms with Crippen LogP contribution in [0.25, 0.3) is 0 Å². The first-order valence-corrected chi connectivity index (χ1v) is 6.31. The number of anilines is 2. The van der Waals surface area contributed by atoms with Gasteiger partial charge in [0.15, 0.2) is 0 Å². The number of para-hydroxylation sites is 1. The van der Waals surface area contributed by atoms with Gasteiger partial charge in [-0.3, -0.25) is 9.89 Å². The van der Waals surface area contributed by atoms with Crippen molar-refractivity contribution in [3.05, 3.63) is 35.4 Å². The number of hydrogen-bond donors (Lipinski definition) is 2. The largest absolute Gasteiger partial charge is 0.397 e. The molecule has 3 N–H and O–H groups in total. The summed E-state index contributed by atoms with van der Waals surface area (Å²) in [5, 5.41) is 6.72. The maximum Gasteiger partial charge on any atom is 0.298 e. The van der Waals surface area contributed by atoms with E-state index in [9.17, 15) is 4.79 Å². The number of aromatic amines is 1. The second-order valence-electron chi connectivity index (χ2n) is 4.52. The quantitative estimate of drug-likeness (QED) is 0.790. The van der Waals surface area contributed by atoms with E-state index in [1.54, 1.807) is 11.0 Å². The lowest BCUT2D eigenvalue weighted by molar-refractivity contribution is 0.0980. The van der Waals surface area contributed by atoms with Crippen LogP contribution in [0.4, 0.5) is 11.4 Å². The van der Waals surface area contributed by atoms with Crippen molar-refractivity contribution in [3.63, 3.8) is 0 Å². The number of amides is 1. The summed E-state index contributed by atoms with van der Waals surface area (Å²) in [6.45, 7) is 2.58. The van der Waals surface area contributed by atoms with Crippen LogP contribution in [-0.4, -0.2) is 27.6 Å². The lowest BCUT2D eigenvalue weighted by Gasteiger charge is -2.16. The number of aromatic nitrogens is 3. The second kappa shape index (κ2) is 4.38. The maximum atomic E-state index is 12.4. The first-order chi connectivity index (χ1) is 9.20. The molecule has 0 fully saturated rings. The smallest absolute Gasteiger partial charge is 0.298 e. The molecule has 1 aliphatic rings. The van der Waals surface area contributed by atoms with E-state index in [1.165, 1.54) is 0 Å². The van der Waals surface area contributed by atoms with Crippen molar-refractivity contribution < 1.29 is 4.79 Å². The Balaban J connectivity index is 1.95. The van der Waals surface area contributed by atoms with Gasteiger partial charge in [0.25, 0.3) is 5.91 Å². The van der Waals surface area contributed by atoms with Crippen LogP contribution in [0.5, 0.6) is 0 Å². The topological polar surface area (TPSA) is 87.9 Å².